The average molecular weight is 280 g/mol. The monoisotopic (exact) mass is 280 g/mol. The Bertz CT molecular complexity index is 652. The molecule has 1 aliphatic rings. The van der Waals surface area contributed by atoms with Gasteiger partial charge in [0.15, 0.2) is 0 Å². The zero-order valence-electron chi connectivity index (χ0n) is 12.3. The van der Waals surface area contributed by atoms with E-state index in [9.17, 15) is 4.79 Å². The summed E-state index contributed by atoms with van der Waals surface area (Å²) in [7, 11) is 0. The molecular formula is C18H20N2O. The molecule has 0 aliphatic carbocycles. The zero-order valence-corrected chi connectivity index (χ0v) is 12.3. The summed E-state index contributed by atoms with van der Waals surface area (Å²) < 4.78 is 0. The molecule has 0 spiro atoms. The van der Waals surface area contributed by atoms with Crippen LogP contribution >= 0.6 is 0 Å². The van der Waals surface area contributed by atoms with Gasteiger partial charge >= 0.3 is 0 Å². The summed E-state index contributed by atoms with van der Waals surface area (Å²) in [6.45, 7) is 2.82. The van der Waals surface area contributed by atoms with Gasteiger partial charge in [0, 0.05) is 24.7 Å². The number of anilines is 1. The molecule has 0 saturated carbocycles. The molecular weight excluding hydrogens is 260 g/mol. The lowest BCUT2D eigenvalue weighted by Gasteiger charge is -2.20. The first-order chi connectivity index (χ1) is 10.1. The van der Waals surface area contributed by atoms with Crippen molar-refractivity contribution in [1.29, 1.82) is 0 Å². The number of carbonyl (C=O) groups excluding carboxylic acids is 1. The molecule has 21 heavy (non-hydrogen) atoms. The Labute approximate surface area is 125 Å². The van der Waals surface area contributed by atoms with E-state index in [4.69, 9.17) is 5.73 Å². The van der Waals surface area contributed by atoms with Crippen molar-refractivity contribution in [2.24, 2.45) is 5.73 Å². The molecule has 0 radical (unpaired) electrons. The molecule has 108 valence electrons. The highest BCUT2D eigenvalue weighted by Gasteiger charge is 2.25. The lowest BCUT2D eigenvalue weighted by molar-refractivity contribution is -0.118. The van der Waals surface area contributed by atoms with Gasteiger partial charge in [-0.3, -0.25) is 4.79 Å². The summed E-state index contributed by atoms with van der Waals surface area (Å²) in [5.41, 5.74) is 10.7. The van der Waals surface area contributed by atoms with Gasteiger partial charge in [-0.25, -0.2) is 0 Å². The lowest BCUT2D eigenvalue weighted by atomic mass is 10.0. The Balaban J connectivity index is 1.75. The fourth-order valence-corrected chi connectivity index (χ4v) is 2.86. The average Bonchev–Trinajstić information content (AvgIpc) is 2.91. The van der Waals surface area contributed by atoms with Crippen molar-refractivity contribution in [3.8, 4) is 0 Å². The van der Waals surface area contributed by atoms with Crippen molar-refractivity contribution < 1.29 is 4.79 Å². The maximum atomic E-state index is 12.5. The minimum absolute atomic E-state index is 0.107. The van der Waals surface area contributed by atoms with Gasteiger partial charge < -0.3 is 10.6 Å². The summed E-state index contributed by atoms with van der Waals surface area (Å²) in [5, 5.41) is 0. The van der Waals surface area contributed by atoms with E-state index in [0.29, 0.717) is 6.42 Å². The standard InChI is InChI=1S/C18H20N2O/c1-13-7-8-15-9-10-20(17(15)11-13)18(21)12-16(19)14-5-3-2-4-6-14/h2-8,11,16H,9-10,12,19H2,1H3/t16-/m1/s1. The van der Waals surface area contributed by atoms with Gasteiger partial charge in [0.25, 0.3) is 0 Å². The highest BCUT2D eigenvalue weighted by Crippen LogP contribution is 2.30. The van der Waals surface area contributed by atoms with Crippen molar-refractivity contribution in [2.45, 2.75) is 25.8 Å². The van der Waals surface area contributed by atoms with Crippen LogP contribution in [0.15, 0.2) is 48.5 Å². The number of nitrogens with zero attached hydrogens (tertiary/aromatic N) is 1. The van der Waals surface area contributed by atoms with E-state index in [1.54, 1.807) is 0 Å². The maximum absolute atomic E-state index is 12.5. The molecule has 0 aromatic heterocycles. The van der Waals surface area contributed by atoms with Crippen LogP contribution in [0.25, 0.3) is 0 Å². The first-order valence-electron chi connectivity index (χ1n) is 7.35. The summed E-state index contributed by atoms with van der Waals surface area (Å²) in [6, 6.07) is 15.9. The third kappa shape index (κ3) is 2.83. The molecule has 3 rings (SSSR count). The number of amides is 1. The molecule has 0 unspecified atom stereocenters. The number of hydrogen-bond acceptors (Lipinski definition) is 2. The molecule has 2 N–H and O–H groups in total. The number of aryl methyl sites for hydroxylation is 1. The molecule has 0 fully saturated rings. The van der Waals surface area contributed by atoms with E-state index in [-0.39, 0.29) is 11.9 Å². The van der Waals surface area contributed by atoms with E-state index in [1.165, 1.54) is 11.1 Å². The van der Waals surface area contributed by atoms with Gasteiger partial charge in [0.2, 0.25) is 5.91 Å². The quantitative estimate of drug-likeness (QED) is 0.939. The molecule has 3 heteroatoms. The second kappa shape index (κ2) is 5.70. The summed E-state index contributed by atoms with van der Waals surface area (Å²) >= 11 is 0. The Morgan fingerprint density at radius 2 is 2.00 bits per heavy atom. The summed E-state index contributed by atoms with van der Waals surface area (Å²) in [6.07, 6.45) is 1.28. The van der Waals surface area contributed by atoms with Gasteiger partial charge in [0.05, 0.1) is 0 Å². The smallest absolute Gasteiger partial charge is 0.228 e. The van der Waals surface area contributed by atoms with Crippen LogP contribution in [0.3, 0.4) is 0 Å². The summed E-state index contributed by atoms with van der Waals surface area (Å²) in [4.78, 5) is 14.4. The van der Waals surface area contributed by atoms with Crippen LogP contribution < -0.4 is 10.6 Å². The van der Waals surface area contributed by atoms with Crippen molar-refractivity contribution in [3.63, 3.8) is 0 Å². The Morgan fingerprint density at radius 1 is 1.24 bits per heavy atom. The largest absolute Gasteiger partial charge is 0.324 e. The van der Waals surface area contributed by atoms with Gasteiger partial charge in [-0.15, -0.1) is 0 Å². The number of carbonyl (C=O) groups is 1. The fourth-order valence-electron chi connectivity index (χ4n) is 2.86. The third-order valence-electron chi connectivity index (χ3n) is 4.06. The maximum Gasteiger partial charge on any atom is 0.228 e. The van der Waals surface area contributed by atoms with Crippen LogP contribution in [0.1, 0.15) is 29.2 Å². The second-order valence-corrected chi connectivity index (χ2v) is 5.65. The molecule has 2 aromatic rings. The van der Waals surface area contributed by atoms with Gasteiger partial charge in [0.1, 0.15) is 0 Å². The molecule has 1 amide bonds. The third-order valence-corrected chi connectivity index (χ3v) is 4.06. The van der Waals surface area contributed by atoms with Crippen molar-refractivity contribution in [1.82, 2.24) is 0 Å². The molecule has 3 nitrogen and oxygen atoms in total. The minimum atomic E-state index is -0.243. The normalized spacial score (nSPS) is 14.9. The number of hydrogen-bond donors (Lipinski definition) is 1. The highest BCUT2D eigenvalue weighted by molar-refractivity contribution is 5.96. The van der Waals surface area contributed by atoms with Gasteiger partial charge in [-0.2, -0.15) is 0 Å². The molecule has 0 saturated heterocycles. The Hall–Kier alpha value is -2.13. The topological polar surface area (TPSA) is 46.3 Å². The highest BCUT2D eigenvalue weighted by atomic mass is 16.2. The first kappa shape index (κ1) is 13.8. The van der Waals surface area contributed by atoms with Crippen LogP contribution in [0.5, 0.6) is 0 Å². The molecule has 1 heterocycles. The molecule has 0 bridgehead atoms. The number of nitrogens with two attached hydrogens (primary N) is 1. The first-order valence-corrected chi connectivity index (χ1v) is 7.35. The molecule has 1 atom stereocenters. The predicted octanol–water partition coefficient (Wildman–Crippen LogP) is 2.97. The van der Waals surface area contributed by atoms with Gasteiger partial charge in [-0.05, 0) is 36.1 Å². The number of benzene rings is 2. The predicted molar refractivity (Wildman–Crippen MR) is 85.2 cm³/mol. The van der Waals surface area contributed by atoms with Crippen molar-refractivity contribution >= 4 is 11.6 Å². The van der Waals surface area contributed by atoms with E-state index < -0.39 is 0 Å². The zero-order chi connectivity index (χ0) is 14.8. The van der Waals surface area contributed by atoms with E-state index in [1.807, 2.05) is 35.2 Å². The van der Waals surface area contributed by atoms with Crippen LogP contribution in [-0.4, -0.2) is 12.5 Å². The fraction of sp³-hybridized carbons (Fsp3) is 0.278. The van der Waals surface area contributed by atoms with Crippen molar-refractivity contribution in [2.75, 3.05) is 11.4 Å². The van der Waals surface area contributed by atoms with Crippen LogP contribution in [0, 0.1) is 6.92 Å². The minimum Gasteiger partial charge on any atom is -0.324 e. The van der Waals surface area contributed by atoms with Crippen LogP contribution in [-0.2, 0) is 11.2 Å². The van der Waals surface area contributed by atoms with E-state index in [0.717, 1.165) is 24.2 Å². The SMILES string of the molecule is Cc1ccc2c(c1)N(C(=O)C[C@@H](N)c1ccccc1)CC2. The molecule has 2 aromatic carbocycles. The molecule has 1 aliphatic heterocycles. The summed E-state index contributed by atoms with van der Waals surface area (Å²) in [5.74, 6) is 0.107. The Kier molecular flexibility index (Phi) is 3.76. The van der Waals surface area contributed by atoms with Gasteiger partial charge in [-0.1, -0.05) is 42.5 Å². The lowest BCUT2D eigenvalue weighted by Crippen LogP contribution is -2.31. The second-order valence-electron chi connectivity index (χ2n) is 5.65. The van der Waals surface area contributed by atoms with E-state index in [2.05, 4.69) is 25.1 Å². The number of fused-ring (bicyclic) bond motifs is 1. The van der Waals surface area contributed by atoms with Crippen LogP contribution in [0.4, 0.5) is 5.69 Å². The number of rotatable bonds is 3. The van der Waals surface area contributed by atoms with Crippen molar-refractivity contribution in [3.05, 3.63) is 65.2 Å². The Morgan fingerprint density at radius 3 is 2.76 bits per heavy atom. The van der Waals surface area contributed by atoms with E-state index >= 15 is 0 Å². The van der Waals surface area contributed by atoms with Crippen LogP contribution in [0.2, 0.25) is 0 Å².